The molecule has 1 aromatic heterocycles. The molecule has 1 aliphatic rings. The van der Waals surface area contributed by atoms with E-state index in [4.69, 9.17) is 5.11 Å². The molecule has 1 atom stereocenters. The predicted octanol–water partition coefficient (Wildman–Crippen LogP) is 3.28. The zero-order valence-corrected chi connectivity index (χ0v) is 11.7. The zero-order chi connectivity index (χ0) is 13.0. The van der Waals surface area contributed by atoms with Gasteiger partial charge in [0.25, 0.3) is 0 Å². The maximum absolute atomic E-state index is 10.7. The van der Waals surface area contributed by atoms with Gasteiger partial charge in [-0.2, -0.15) is 0 Å². The molecule has 3 nitrogen and oxygen atoms in total. The first kappa shape index (κ1) is 13.6. The molecule has 1 aromatic rings. The molecule has 100 valence electrons. The third-order valence-corrected chi connectivity index (χ3v) is 4.76. The van der Waals surface area contributed by atoms with Crippen molar-refractivity contribution in [1.29, 1.82) is 0 Å². The van der Waals surface area contributed by atoms with E-state index in [2.05, 4.69) is 23.3 Å². The van der Waals surface area contributed by atoms with Crippen molar-refractivity contribution in [2.75, 3.05) is 6.54 Å². The van der Waals surface area contributed by atoms with E-state index in [9.17, 15) is 4.79 Å². The van der Waals surface area contributed by atoms with Gasteiger partial charge in [0.15, 0.2) is 0 Å². The van der Waals surface area contributed by atoms with Crippen LogP contribution in [0.5, 0.6) is 0 Å². The van der Waals surface area contributed by atoms with Crippen molar-refractivity contribution >= 4 is 17.3 Å². The molecule has 0 bridgehead atoms. The number of carboxylic acid groups (broad SMARTS) is 1. The smallest absolute Gasteiger partial charge is 0.303 e. The Balaban J connectivity index is 1.95. The third-order valence-electron chi connectivity index (χ3n) is 3.76. The predicted molar refractivity (Wildman–Crippen MR) is 74.0 cm³/mol. The summed E-state index contributed by atoms with van der Waals surface area (Å²) in [5, 5.41) is 11.0. The molecular weight excluding hydrogens is 246 g/mol. The van der Waals surface area contributed by atoms with Crippen LogP contribution >= 0.6 is 11.3 Å². The monoisotopic (exact) mass is 267 g/mol. The first-order valence-electron chi connectivity index (χ1n) is 6.65. The number of aliphatic carboxylic acids is 1. The molecule has 1 N–H and O–H groups in total. The van der Waals surface area contributed by atoms with Gasteiger partial charge in [0.1, 0.15) is 0 Å². The molecule has 0 aliphatic carbocycles. The number of hydrogen-bond donors (Lipinski definition) is 1. The fourth-order valence-electron chi connectivity index (χ4n) is 2.64. The number of likely N-dealkylation sites (tertiary alicyclic amines) is 1. The average Bonchev–Trinajstić information content (AvgIpc) is 2.74. The van der Waals surface area contributed by atoms with Crippen LogP contribution in [-0.2, 0) is 11.3 Å². The maximum Gasteiger partial charge on any atom is 0.303 e. The van der Waals surface area contributed by atoms with Gasteiger partial charge >= 0.3 is 5.97 Å². The van der Waals surface area contributed by atoms with Crippen LogP contribution in [0.4, 0.5) is 0 Å². The first-order chi connectivity index (χ1) is 8.66. The molecular formula is C14H21NO2S. The van der Waals surface area contributed by atoms with Crippen LogP contribution in [-0.4, -0.2) is 28.6 Å². The van der Waals surface area contributed by atoms with Gasteiger partial charge in [-0.1, -0.05) is 6.42 Å². The molecule has 1 aliphatic heterocycles. The summed E-state index contributed by atoms with van der Waals surface area (Å²) in [6, 6.07) is 2.62. The molecule has 0 saturated carbocycles. The standard InChI is InChI=1S/C14H21NO2S/c1-11-7-9-18-13(11)10-15-8-3-2-4-12(15)5-6-14(16)17/h7,9,12H,2-6,8,10H2,1H3,(H,16,17). The largest absolute Gasteiger partial charge is 0.481 e. The normalized spacial score (nSPS) is 21.1. The Morgan fingerprint density at radius 2 is 2.39 bits per heavy atom. The number of nitrogens with zero attached hydrogens (tertiary/aromatic N) is 1. The molecule has 0 aromatic carbocycles. The van der Waals surface area contributed by atoms with E-state index in [1.807, 2.05) is 11.3 Å². The number of rotatable bonds is 5. The zero-order valence-electron chi connectivity index (χ0n) is 10.9. The lowest BCUT2D eigenvalue weighted by molar-refractivity contribution is -0.137. The third kappa shape index (κ3) is 3.56. The van der Waals surface area contributed by atoms with Crippen molar-refractivity contribution < 1.29 is 9.90 Å². The summed E-state index contributed by atoms with van der Waals surface area (Å²) in [5.41, 5.74) is 1.36. The minimum Gasteiger partial charge on any atom is -0.481 e. The Labute approximate surface area is 112 Å². The summed E-state index contributed by atoms with van der Waals surface area (Å²) in [4.78, 5) is 14.6. The van der Waals surface area contributed by atoms with Crippen LogP contribution in [0.25, 0.3) is 0 Å². The summed E-state index contributed by atoms with van der Waals surface area (Å²) in [6.07, 6.45) is 4.72. The second-order valence-electron chi connectivity index (χ2n) is 5.08. The van der Waals surface area contributed by atoms with Crippen molar-refractivity contribution in [3.05, 3.63) is 21.9 Å². The molecule has 2 heterocycles. The lowest BCUT2D eigenvalue weighted by Gasteiger charge is -2.35. The molecule has 1 saturated heterocycles. The lowest BCUT2D eigenvalue weighted by atomic mass is 9.97. The Bertz CT molecular complexity index is 402. The number of aryl methyl sites for hydroxylation is 1. The van der Waals surface area contributed by atoms with Crippen LogP contribution in [0, 0.1) is 6.92 Å². The molecule has 18 heavy (non-hydrogen) atoms. The van der Waals surface area contributed by atoms with Gasteiger partial charge in [0.05, 0.1) is 0 Å². The number of piperidine rings is 1. The highest BCUT2D eigenvalue weighted by atomic mass is 32.1. The summed E-state index contributed by atoms with van der Waals surface area (Å²) in [7, 11) is 0. The van der Waals surface area contributed by atoms with Crippen LogP contribution in [0.1, 0.15) is 42.5 Å². The van der Waals surface area contributed by atoms with Crippen LogP contribution in [0.2, 0.25) is 0 Å². The van der Waals surface area contributed by atoms with E-state index in [1.165, 1.54) is 23.3 Å². The topological polar surface area (TPSA) is 40.5 Å². The summed E-state index contributed by atoms with van der Waals surface area (Å²) < 4.78 is 0. The van der Waals surface area contributed by atoms with Gasteiger partial charge in [-0.25, -0.2) is 0 Å². The molecule has 0 amide bonds. The van der Waals surface area contributed by atoms with Crippen molar-refractivity contribution in [3.63, 3.8) is 0 Å². The fraction of sp³-hybridized carbons (Fsp3) is 0.643. The second kappa shape index (κ2) is 6.34. The van der Waals surface area contributed by atoms with E-state index < -0.39 is 5.97 Å². The summed E-state index contributed by atoms with van der Waals surface area (Å²) >= 11 is 1.81. The Hall–Kier alpha value is -0.870. The summed E-state index contributed by atoms with van der Waals surface area (Å²) in [5.74, 6) is -0.673. The van der Waals surface area contributed by atoms with Gasteiger partial charge in [0.2, 0.25) is 0 Å². The van der Waals surface area contributed by atoms with Crippen molar-refractivity contribution in [1.82, 2.24) is 4.90 Å². The Kier molecular flexibility index (Phi) is 4.78. The van der Waals surface area contributed by atoms with Crippen LogP contribution < -0.4 is 0 Å². The second-order valence-corrected chi connectivity index (χ2v) is 6.08. The summed E-state index contributed by atoms with van der Waals surface area (Å²) in [6.45, 7) is 4.26. The van der Waals surface area contributed by atoms with Gasteiger partial charge in [-0.3, -0.25) is 9.69 Å². The Morgan fingerprint density at radius 3 is 3.06 bits per heavy atom. The van der Waals surface area contributed by atoms with Gasteiger partial charge in [-0.15, -0.1) is 11.3 Å². The maximum atomic E-state index is 10.7. The van der Waals surface area contributed by atoms with Crippen molar-refractivity contribution in [3.8, 4) is 0 Å². The average molecular weight is 267 g/mol. The van der Waals surface area contributed by atoms with Crippen molar-refractivity contribution in [2.24, 2.45) is 0 Å². The Morgan fingerprint density at radius 1 is 1.56 bits per heavy atom. The SMILES string of the molecule is Cc1ccsc1CN1CCCCC1CCC(=O)O. The van der Waals surface area contributed by atoms with Crippen molar-refractivity contribution in [2.45, 2.75) is 51.6 Å². The molecule has 0 radical (unpaired) electrons. The minimum atomic E-state index is -0.673. The van der Waals surface area contributed by atoms with E-state index in [0.717, 1.165) is 25.9 Å². The van der Waals surface area contributed by atoms with E-state index in [0.29, 0.717) is 12.5 Å². The quantitative estimate of drug-likeness (QED) is 0.890. The number of carbonyl (C=O) groups is 1. The number of hydrogen-bond acceptors (Lipinski definition) is 3. The molecule has 1 unspecified atom stereocenters. The van der Waals surface area contributed by atoms with E-state index in [1.54, 1.807) is 0 Å². The number of thiophene rings is 1. The van der Waals surface area contributed by atoms with E-state index >= 15 is 0 Å². The van der Waals surface area contributed by atoms with Gasteiger partial charge < -0.3 is 5.11 Å². The minimum absolute atomic E-state index is 0.296. The molecule has 4 heteroatoms. The van der Waals surface area contributed by atoms with Gasteiger partial charge in [0, 0.05) is 23.9 Å². The highest BCUT2D eigenvalue weighted by Crippen LogP contribution is 2.25. The van der Waals surface area contributed by atoms with E-state index in [-0.39, 0.29) is 0 Å². The molecule has 1 fully saturated rings. The lowest BCUT2D eigenvalue weighted by Crippen LogP contribution is -2.39. The molecule has 0 spiro atoms. The molecule has 2 rings (SSSR count). The highest BCUT2D eigenvalue weighted by molar-refractivity contribution is 7.10. The first-order valence-corrected chi connectivity index (χ1v) is 7.53. The van der Waals surface area contributed by atoms with Gasteiger partial charge in [-0.05, 0) is 49.7 Å². The van der Waals surface area contributed by atoms with Crippen LogP contribution in [0.3, 0.4) is 0 Å². The highest BCUT2D eigenvalue weighted by Gasteiger charge is 2.23. The van der Waals surface area contributed by atoms with Crippen LogP contribution in [0.15, 0.2) is 11.4 Å². The number of carboxylic acids is 1. The fourth-order valence-corrected chi connectivity index (χ4v) is 3.57.